The number of aromatic nitrogens is 4. The molecule has 5 rings (SSSR count). The topological polar surface area (TPSA) is 93.8 Å². The Morgan fingerprint density at radius 3 is 2.47 bits per heavy atom. The SMILES string of the molecule is O=C(Cc1ccc(-c2cnc(Cc3cccnc3)nc2)cc1F)Nc1cc(C2(C(F)(F)F)CC2)on1. The van der Waals surface area contributed by atoms with Crippen molar-refractivity contribution in [2.45, 2.75) is 37.3 Å². The predicted molar refractivity (Wildman–Crippen MR) is 120 cm³/mol. The van der Waals surface area contributed by atoms with Crippen molar-refractivity contribution in [3.63, 3.8) is 0 Å². The first-order chi connectivity index (χ1) is 17.2. The number of carbonyl (C=O) groups is 1. The van der Waals surface area contributed by atoms with Crippen LogP contribution in [-0.4, -0.2) is 32.2 Å². The number of nitrogens with one attached hydrogen (secondary N) is 1. The minimum atomic E-state index is -4.45. The number of anilines is 1. The first-order valence-corrected chi connectivity index (χ1v) is 11.1. The Morgan fingerprint density at radius 1 is 1.06 bits per heavy atom. The zero-order valence-corrected chi connectivity index (χ0v) is 18.7. The maximum absolute atomic E-state index is 14.7. The van der Waals surface area contributed by atoms with E-state index < -0.39 is 23.3 Å². The molecule has 1 N–H and O–H groups in total. The lowest BCUT2D eigenvalue weighted by Gasteiger charge is -2.14. The van der Waals surface area contributed by atoms with E-state index in [4.69, 9.17) is 4.52 Å². The summed E-state index contributed by atoms with van der Waals surface area (Å²) >= 11 is 0. The molecule has 4 aromatic rings. The molecule has 1 saturated carbocycles. The predicted octanol–water partition coefficient (Wildman–Crippen LogP) is 5.03. The molecule has 3 aromatic heterocycles. The first-order valence-electron chi connectivity index (χ1n) is 11.1. The lowest BCUT2D eigenvalue weighted by Crippen LogP contribution is -2.28. The lowest BCUT2D eigenvalue weighted by atomic mass is 10.0. The largest absolute Gasteiger partial charge is 0.401 e. The molecule has 11 heteroatoms. The van der Waals surface area contributed by atoms with Gasteiger partial charge in [0.05, 0.1) is 6.42 Å². The van der Waals surface area contributed by atoms with E-state index in [9.17, 15) is 22.4 Å². The molecule has 0 aliphatic heterocycles. The highest BCUT2D eigenvalue weighted by atomic mass is 19.4. The van der Waals surface area contributed by atoms with Crippen LogP contribution in [0.2, 0.25) is 0 Å². The van der Waals surface area contributed by atoms with Gasteiger partial charge in [0.25, 0.3) is 0 Å². The van der Waals surface area contributed by atoms with E-state index in [0.717, 1.165) is 11.6 Å². The molecular weight excluding hydrogens is 478 g/mol. The minimum Gasteiger partial charge on any atom is -0.358 e. The van der Waals surface area contributed by atoms with Crippen LogP contribution in [0.15, 0.2) is 65.7 Å². The van der Waals surface area contributed by atoms with Crippen LogP contribution in [0, 0.1) is 5.82 Å². The number of pyridine rings is 1. The van der Waals surface area contributed by atoms with E-state index in [1.807, 2.05) is 12.1 Å². The van der Waals surface area contributed by atoms with E-state index in [0.29, 0.717) is 23.4 Å². The van der Waals surface area contributed by atoms with Crippen LogP contribution < -0.4 is 5.32 Å². The molecule has 1 amide bonds. The fraction of sp³-hybridized carbons (Fsp3) is 0.240. The molecule has 1 fully saturated rings. The average Bonchev–Trinajstić information content (AvgIpc) is 3.55. The van der Waals surface area contributed by atoms with Crippen LogP contribution >= 0.6 is 0 Å². The zero-order chi connectivity index (χ0) is 25.3. The monoisotopic (exact) mass is 497 g/mol. The fourth-order valence-corrected chi connectivity index (χ4v) is 3.86. The second kappa shape index (κ2) is 9.14. The van der Waals surface area contributed by atoms with Gasteiger partial charge >= 0.3 is 6.18 Å². The van der Waals surface area contributed by atoms with Gasteiger partial charge in [-0.15, -0.1) is 0 Å². The summed E-state index contributed by atoms with van der Waals surface area (Å²) in [5, 5.41) is 5.87. The number of amides is 1. The Labute approximate surface area is 202 Å². The van der Waals surface area contributed by atoms with Gasteiger partial charge in [0.2, 0.25) is 5.91 Å². The van der Waals surface area contributed by atoms with Gasteiger partial charge in [-0.3, -0.25) is 9.78 Å². The summed E-state index contributed by atoms with van der Waals surface area (Å²) in [5.41, 5.74) is 0.184. The summed E-state index contributed by atoms with van der Waals surface area (Å²) in [6.07, 6.45) is 2.15. The van der Waals surface area contributed by atoms with E-state index in [2.05, 4.69) is 25.4 Å². The lowest BCUT2D eigenvalue weighted by molar-refractivity contribution is -0.165. The molecule has 0 atom stereocenters. The minimum absolute atomic E-state index is 0.0884. The standard InChI is InChI=1S/C25H19F4N5O2/c26-19-9-16(18-13-31-21(32-14-18)8-15-2-1-7-30-12-15)3-4-17(19)10-23(35)33-22-11-20(36-34-22)24(5-6-24)25(27,28)29/h1-4,7,9,11-14H,5-6,8,10H2,(H,33,34,35). The second-order valence-corrected chi connectivity index (χ2v) is 8.61. The summed E-state index contributed by atoms with van der Waals surface area (Å²) in [5.74, 6) is -1.14. The summed E-state index contributed by atoms with van der Waals surface area (Å²) in [6.45, 7) is 0. The first kappa shape index (κ1) is 23.6. The number of hydrogen-bond acceptors (Lipinski definition) is 6. The maximum Gasteiger partial charge on any atom is 0.401 e. The van der Waals surface area contributed by atoms with Gasteiger partial charge in [0.1, 0.15) is 17.1 Å². The molecule has 1 aliphatic carbocycles. The zero-order valence-electron chi connectivity index (χ0n) is 18.7. The molecule has 0 bridgehead atoms. The normalized spacial score (nSPS) is 14.4. The Bertz CT molecular complexity index is 1380. The Balaban J connectivity index is 1.22. The fourth-order valence-electron chi connectivity index (χ4n) is 3.86. The molecule has 1 aromatic carbocycles. The van der Waals surface area contributed by atoms with Gasteiger partial charge in [-0.25, -0.2) is 14.4 Å². The third-order valence-corrected chi connectivity index (χ3v) is 6.07. The third-order valence-electron chi connectivity index (χ3n) is 6.07. The highest BCUT2D eigenvalue weighted by Crippen LogP contribution is 2.59. The number of rotatable bonds is 7. The highest BCUT2D eigenvalue weighted by molar-refractivity contribution is 5.91. The van der Waals surface area contributed by atoms with Gasteiger partial charge in [-0.1, -0.05) is 23.4 Å². The molecule has 7 nitrogen and oxygen atoms in total. The number of carbonyl (C=O) groups excluding carboxylic acids is 1. The van der Waals surface area contributed by atoms with Gasteiger partial charge < -0.3 is 9.84 Å². The van der Waals surface area contributed by atoms with Crippen LogP contribution in [-0.2, 0) is 23.1 Å². The third kappa shape index (κ3) is 4.81. The van der Waals surface area contributed by atoms with Gasteiger partial charge in [-0.2, -0.15) is 13.2 Å². The van der Waals surface area contributed by atoms with Crippen molar-refractivity contribution in [2.24, 2.45) is 0 Å². The Hall–Kier alpha value is -4.15. The van der Waals surface area contributed by atoms with Crippen molar-refractivity contribution in [1.82, 2.24) is 20.1 Å². The Morgan fingerprint density at radius 2 is 1.83 bits per heavy atom. The van der Waals surface area contributed by atoms with Crippen LogP contribution in [0.3, 0.4) is 0 Å². The van der Waals surface area contributed by atoms with Crippen molar-refractivity contribution in [2.75, 3.05) is 5.32 Å². The molecule has 0 unspecified atom stereocenters. The van der Waals surface area contributed by atoms with Crippen LogP contribution in [0.25, 0.3) is 11.1 Å². The van der Waals surface area contributed by atoms with Crippen LogP contribution in [0.5, 0.6) is 0 Å². The van der Waals surface area contributed by atoms with Crippen molar-refractivity contribution in [3.05, 3.63) is 89.7 Å². The van der Waals surface area contributed by atoms with Gasteiger partial charge in [0, 0.05) is 42.8 Å². The number of hydrogen-bond donors (Lipinski definition) is 1. The molecule has 1 aliphatic rings. The average molecular weight is 497 g/mol. The molecule has 0 spiro atoms. The van der Waals surface area contributed by atoms with E-state index in [1.54, 1.807) is 30.9 Å². The summed E-state index contributed by atoms with van der Waals surface area (Å²) in [7, 11) is 0. The molecule has 184 valence electrons. The van der Waals surface area contributed by atoms with Crippen LogP contribution in [0.4, 0.5) is 23.4 Å². The van der Waals surface area contributed by atoms with Crippen molar-refractivity contribution in [3.8, 4) is 11.1 Å². The molecule has 36 heavy (non-hydrogen) atoms. The summed E-state index contributed by atoms with van der Waals surface area (Å²) in [4.78, 5) is 25.0. The molecule has 0 saturated heterocycles. The number of alkyl halides is 3. The highest BCUT2D eigenvalue weighted by Gasteiger charge is 2.66. The van der Waals surface area contributed by atoms with Crippen molar-refractivity contribution < 1.29 is 26.9 Å². The molecule has 0 radical (unpaired) electrons. The molecular formula is C25H19F4N5O2. The quantitative estimate of drug-likeness (QED) is 0.360. The van der Waals surface area contributed by atoms with Crippen molar-refractivity contribution >= 4 is 11.7 Å². The second-order valence-electron chi connectivity index (χ2n) is 8.61. The number of halogens is 4. The summed E-state index contributed by atoms with van der Waals surface area (Å²) < 4.78 is 59.2. The van der Waals surface area contributed by atoms with Gasteiger partial charge in [-0.05, 0) is 41.7 Å². The maximum atomic E-state index is 14.7. The summed E-state index contributed by atoms with van der Waals surface area (Å²) in [6, 6.07) is 9.19. The number of nitrogens with zero attached hydrogens (tertiary/aromatic N) is 4. The van der Waals surface area contributed by atoms with E-state index in [-0.39, 0.29) is 36.4 Å². The number of benzene rings is 1. The Kier molecular flexibility index (Phi) is 5.99. The molecule has 3 heterocycles. The van der Waals surface area contributed by atoms with Crippen LogP contribution in [0.1, 0.15) is 35.6 Å². The van der Waals surface area contributed by atoms with Crippen molar-refractivity contribution in [1.29, 1.82) is 0 Å². The van der Waals surface area contributed by atoms with Gasteiger partial charge in [0.15, 0.2) is 11.6 Å². The van der Waals surface area contributed by atoms with E-state index >= 15 is 0 Å². The smallest absolute Gasteiger partial charge is 0.358 e. The van der Waals surface area contributed by atoms with E-state index in [1.165, 1.54) is 12.1 Å².